The summed E-state index contributed by atoms with van der Waals surface area (Å²) in [4.78, 5) is 12.6. The van der Waals surface area contributed by atoms with E-state index in [9.17, 15) is 25.2 Å². The number of carbonyl (C=O) groups excluding carboxylic acids is 1. The van der Waals surface area contributed by atoms with Gasteiger partial charge in [-0.3, -0.25) is 4.79 Å². The fourth-order valence-corrected chi connectivity index (χ4v) is 6.40. The van der Waals surface area contributed by atoms with E-state index in [2.05, 4.69) is 6.92 Å². The van der Waals surface area contributed by atoms with Crippen LogP contribution in [-0.2, 0) is 14.3 Å². The topological polar surface area (TPSA) is 116 Å². The minimum Gasteiger partial charge on any atom is -0.429 e. The quantitative estimate of drug-likeness (QED) is 0.184. The van der Waals surface area contributed by atoms with Crippen LogP contribution < -0.4 is 0 Å². The van der Waals surface area contributed by atoms with Gasteiger partial charge in [0.15, 0.2) is 5.60 Å². The number of rotatable bonds is 16. The fraction of sp³-hybridized carbons (Fsp3) is 0.964. The Morgan fingerprint density at radius 1 is 0.800 bits per heavy atom. The van der Waals surface area contributed by atoms with Gasteiger partial charge in [0, 0.05) is 11.8 Å². The van der Waals surface area contributed by atoms with E-state index in [1.54, 1.807) is 27.7 Å². The highest BCUT2D eigenvalue weighted by Gasteiger charge is 2.98. The molecule has 1 saturated heterocycles. The zero-order valence-corrected chi connectivity index (χ0v) is 22.6. The lowest BCUT2D eigenvalue weighted by Gasteiger charge is -2.30. The van der Waals surface area contributed by atoms with E-state index in [-0.39, 0.29) is 6.42 Å². The Labute approximate surface area is 211 Å². The molecule has 0 amide bonds. The van der Waals surface area contributed by atoms with Crippen molar-refractivity contribution in [2.24, 2.45) is 10.8 Å². The van der Waals surface area contributed by atoms with Crippen molar-refractivity contribution < 1.29 is 34.7 Å². The maximum atomic E-state index is 12.6. The lowest BCUT2D eigenvalue weighted by Crippen LogP contribution is -2.49. The molecule has 0 aromatic carbocycles. The van der Waals surface area contributed by atoms with Crippen molar-refractivity contribution in [2.45, 2.75) is 160 Å². The molecule has 204 valence electrons. The first-order valence-electron chi connectivity index (χ1n) is 14.1. The molecule has 6 atom stereocenters. The molecule has 7 nitrogen and oxygen atoms in total. The average Bonchev–Trinajstić information content (AvgIpc) is 3.29. The van der Waals surface area contributed by atoms with Crippen molar-refractivity contribution in [3.63, 3.8) is 0 Å². The van der Waals surface area contributed by atoms with E-state index in [1.165, 1.54) is 64.2 Å². The Kier molecular flexibility index (Phi) is 8.70. The summed E-state index contributed by atoms with van der Waals surface area (Å²) in [7, 11) is 0. The van der Waals surface area contributed by atoms with E-state index in [0.717, 1.165) is 12.8 Å². The van der Waals surface area contributed by atoms with Crippen LogP contribution in [0.3, 0.4) is 0 Å². The van der Waals surface area contributed by atoms with Crippen LogP contribution in [0.5, 0.6) is 0 Å². The highest BCUT2D eigenvalue weighted by atomic mass is 16.8. The summed E-state index contributed by atoms with van der Waals surface area (Å²) in [5, 5.41) is 43.2. The molecule has 2 unspecified atom stereocenters. The summed E-state index contributed by atoms with van der Waals surface area (Å²) in [6, 6.07) is 0. The smallest absolute Gasteiger partial charge is 0.308 e. The molecule has 35 heavy (non-hydrogen) atoms. The molecule has 0 spiro atoms. The molecule has 0 aromatic rings. The van der Waals surface area contributed by atoms with Crippen molar-refractivity contribution in [1.29, 1.82) is 0 Å². The number of unbranched alkanes of at least 4 members (excludes halogenated alkanes) is 12. The Morgan fingerprint density at radius 3 is 1.66 bits per heavy atom. The third kappa shape index (κ3) is 4.58. The molecule has 0 bridgehead atoms. The number of carbonyl (C=O) groups is 1. The van der Waals surface area contributed by atoms with Gasteiger partial charge in [-0.1, -0.05) is 112 Å². The molecule has 1 aliphatic heterocycles. The summed E-state index contributed by atoms with van der Waals surface area (Å²) in [5.74, 6) is -2.20. The second-order valence-electron chi connectivity index (χ2n) is 12.4. The monoisotopic (exact) mass is 498 g/mol. The molecule has 3 rings (SSSR count). The molecular weight excluding hydrogens is 448 g/mol. The second kappa shape index (κ2) is 10.6. The predicted molar refractivity (Wildman–Crippen MR) is 133 cm³/mol. The summed E-state index contributed by atoms with van der Waals surface area (Å²) >= 11 is 0. The van der Waals surface area contributed by atoms with Gasteiger partial charge in [-0.25, -0.2) is 0 Å². The van der Waals surface area contributed by atoms with Gasteiger partial charge >= 0.3 is 5.97 Å². The van der Waals surface area contributed by atoms with Crippen LogP contribution in [0.1, 0.15) is 125 Å². The van der Waals surface area contributed by atoms with E-state index >= 15 is 0 Å². The first kappa shape index (κ1) is 28.8. The van der Waals surface area contributed by atoms with Crippen LogP contribution in [0.2, 0.25) is 0 Å². The Bertz CT molecular complexity index is 737. The van der Waals surface area contributed by atoms with Crippen LogP contribution >= 0.6 is 0 Å². The van der Waals surface area contributed by atoms with E-state index in [0.29, 0.717) is 6.42 Å². The predicted octanol–water partition coefficient (Wildman–Crippen LogP) is 4.37. The Hall–Kier alpha value is -0.730. The molecule has 3 aliphatic rings. The zero-order chi connectivity index (χ0) is 26.1. The van der Waals surface area contributed by atoms with Gasteiger partial charge in [-0.2, -0.15) is 0 Å². The summed E-state index contributed by atoms with van der Waals surface area (Å²) < 4.78 is 11.6. The number of ether oxygens (including phenoxy) is 2. The fourth-order valence-electron chi connectivity index (χ4n) is 6.40. The molecule has 2 aliphatic carbocycles. The molecule has 0 radical (unpaired) electrons. The van der Waals surface area contributed by atoms with Gasteiger partial charge in [0.05, 0.1) is 11.5 Å². The van der Waals surface area contributed by atoms with Crippen LogP contribution in [0.4, 0.5) is 0 Å². The highest BCUT2D eigenvalue weighted by Crippen LogP contribution is 2.76. The second-order valence-corrected chi connectivity index (χ2v) is 12.4. The summed E-state index contributed by atoms with van der Waals surface area (Å²) in [5.41, 5.74) is -5.46. The van der Waals surface area contributed by atoms with Gasteiger partial charge in [0.2, 0.25) is 0 Å². The molecular formula is C28H50O7. The molecule has 2 saturated carbocycles. The third-order valence-electron chi connectivity index (χ3n) is 9.45. The number of hydrogen-bond acceptors (Lipinski definition) is 7. The van der Waals surface area contributed by atoms with Crippen molar-refractivity contribution >= 4 is 5.97 Å². The standard InChI is InChI=1S/C28H50O7/c1-6-7-8-9-10-11-12-13-14-15-16-17-18-19-20(29)34-28-25(4,5)27(28,33)21(30)22(35-28)26(32)23(31)24(26,2)3/h21-23,30-33H,6-19H2,1-5H3/t21-,22-,23?,26-,27-,28?/m0/s1. The number of esters is 1. The van der Waals surface area contributed by atoms with Crippen LogP contribution in [0.25, 0.3) is 0 Å². The zero-order valence-electron chi connectivity index (χ0n) is 22.6. The molecule has 0 aromatic heterocycles. The Morgan fingerprint density at radius 2 is 1.23 bits per heavy atom. The van der Waals surface area contributed by atoms with Crippen molar-refractivity contribution in [2.75, 3.05) is 0 Å². The van der Waals surface area contributed by atoms with E-state index in [4.69, 9.17) is 9.47 Å². The molecule has 1 heterocycles. The van der Waals surface area contributed by atoms with Crippen LogP contribution in [-0.4, -0.2) is 61.7 Å². The average molecular weight is 499 g/mol. The van der Waals surface area contributed by atoms with Crippen LogP contribution in [0, 0.1) is 10.8 Å². The lowest BCUT2D eigenvalue weighted by molar-refractivity contribution is -0.229. The van der Waals surface area contributed by atoms with Crippen molar-refractivity contribution in [1.82, 2.24) is 0 Å². The van der Waals surface area contributed by atoms with Crippen molar-refractivity contribution in [3.05, 3.63) is 0 Å². The lowest BCUT2D eigenvalue weighted by atomic mass is 9.91. The van der Waals surface area contributed by atoms with Crippen molar-refractivity contribution in [3.8, 4) is 0 Å². The Balaban J connectivity index is 1.34. The van der Waals surface area contributed by atoms with Gasteiger partial charge in [0.1, 0.15) is 17.8 Å². The summed E-state index contributed by atoms with van der Waals surface area (Å²) in [6.45, 7) is 8.92. The maximum absolute atomic E-state index is 12.6. The number of aliphatic hydroxyl groups excluding tert-OH is 2. The number of hydrogen-bond donors (Lipinski definition) is 4. The minimum absolute atomic E-state index is 0.216. The van der Waals surface area contributed by atoms with E-state index in [1.807, 2.05) is 0 Å². The van der Waals surface area contributed by atoms with Crippen LogP contribution in [0.15, 0.2) is 0 Å². The number of fused-ring (bicyclic) bond motifs is 1. The normalized spacial score (nSPS) is 38.3. The first-order chi connectivity index (χ1) is 16.4. The minimum atomic E-state index is -1.83. The molecule has 7 heteroatoms. The number of aliphatic hydroxyl groups is 4. The van der Waals surface area contributed by atoms with Gasteiger partial charge in [-0.15, -0.1) is 0 Å². The highest BCUT2D eigenvalue weighted by molar-refractivity contribution is 5.71. The van der Waals surface area contributed by atoms with Gasteiger partial charge < -0.3 is 29.9 Å². The van der Waals surface area contributed by atoms with E-state index < -0.39 is 52.1 Å². The largest absolute Gasteiger partial charge is 0.429 e. The first-order valence-corrected chi connectivity index (χ1v) is 14.1. The molecule has 4 N–H and O–H groups in total. The SMILES string of the molecule is CCCCCCCCCCCCCCCC(=O)OC12O[C@H]([C@]3(O)C(O)C3(C)C)[C@H](O)[C@]1(O)C2(C)C. The maximum Gasteiger partial charge on any atom is 0.308 e. The van der Waals surface area contributed by atoms with Gasteiger partial charge in [-0.05, 0) is 6.42 Å². The third-order valence-corrected chi connectivity index (χ3v) is 9.45. The summed E-state index contributed by atoms with van der Waals surface area (Å²) in [6.07, 6.45) is 12.2. The molecule has 3 fully saturated rings. The van der Waals surface area contributed by atoms with Gasteiger partial charge in [0.25, 0.3) is 5.79 Å².